The molecule has 2 heterocycles. The molecule has 26 heavy (non-hydrogen) atoms. The summed E-state index contributed by atoms with van der Waals surface area (Å²) in [4.78, 5) is 14.3. The molecule has 2 aliphatic heterocycles. The highest BCUT2D eigenvalue weighted by molar-refractivity contribution is 8.33. The summed E-state index contributed by atoms with van der Waals surface area (Å²) >= 11 is 6.64. The van der Waals surface area contributed by atoms with Gasteiger partial charge in [0.1, 0.15) is 10.7 Å². The Morgan fingerprint density at radius 1 is 1.08 bits per heavy atom. The van der Waals surface area contributed by atoms with Gasteiger partial charge in [-0.25, -0.2) is 4.79 Å². The van der Waals surface area contributed by atoms with Crippen LogP contribution in [0.2, 0.25) is 0 Å². The number of carbonyl (C=O) groups excluding carboxylic acids is 1. The zero-order chi connectivity index (χ0) is 18.4. The monoisotopic (exact) mass is 419 g/mol. The first-order chi connectivity index (χ1) is 12.7. The minimum Gasteiger partial charge on any atom is -0.423 e. The molecular formula is C19H17NO2S4. The van der Waals surface area contributed by atoms with Crippen molar-refractivity contribution in [1.82, 2.24) is 0 Å². The van der Waals surface area contributed by atoms with Gasteiger partial charge >= 0.3 is 5.97 Å². The maximum atomic E-state index is 12.3. The van der Waals surface area contributed by atoms with Crippen LogP contribution in [0.5, 0.6) is 5.75 Å². The predicted molar refractivity (Wildman–Crippen MR) is 114 cm³/mol. The van der Waals surface area contributed by atoms with Gasteiger partial charge in [0.05, 0.1) is 20.1 Å². The molecule has 0 fully saturated rings. The summed E-state index contributed by atoms with van der Waals surface area (Å²) in [5, 5.41) is 12.9. The van der Waals surface area contributed by atoms with Gasteiger partial charge in [0, 0.05) is 0 Å². The fraction of sp³-hybridized carbons (Fsp3) is 0.263. The standard InChI is InChI=1S/C19H17NO2S4/c1-2-3-4-5-15-11-23-18(25-15)19-24-12-16(26-19)17(21)22-14-8-6-13(10-20)7-9-14/h6-9,11-12H,2-5H2,1H3/b19-18-. The number of hydrogen-bond donors (Lipinski definition) is 0. The molecule has 0 atom stereocenters. The summed E-state index contributed by atoms with van der Waals surface area (Å²) in [6, 6.07) is 8.59. The van der Waals surface area contributed by atoms with Gasteiger partial charge in [-0.1, -0.05) is 66.8 Å². The molecule has 134 valence electrons. The summed E-state index contributed by atoms with van der Waals surface area (Å²) < 4.78 is 7.80. The van der Waals surface area contributed by atoms with E-state index in [4.69, 9.17) is 10.00 Å². The smallest absolute Gasteiger partial charge is 0.350 e. The van der Waals surface area contributed by atoms with Gasteiger partial charge in [-0.15, -0.1) is 0 Å². The fourth-order valence-electron chi connectivity index (χ4n) is 2.22. The van der Waals surface area contributed by atoms with Crippen LogP contribution in [-0.4, -0.2) is 5.97 Å². The minimum absolute atomic E-state index is 0.355. The lowest BCUT2D eigenvalue weighted by Crippen LogP contribution is -2.08. The average Bonchev–Trinajstić information content (AvgIpc) is 3.32. The Morgan fingerprint density at radius 2 is 1.81 bits per heavy atom. The quantitative estimate of drug-likeness (QED) is 0.285. The summed E-state index contributed by atoms with van der Waals surface area (Å²) in [6.45, 7) is 2.22. The van der Waals surface area contributed by atoms with Crippen molar-refractivity contribution in [2.75, 3.05) is 0 Å². The first-order valence-electron chi connectivity index (χ1n) is 8.24. The number of unbranched alkanes of at least 4 members (excludes halogenated alkanes) is 2. The zero-order valence-corrected chi connectivity index (χ0v) is 17.5. The normalized spacial score (nSPS) is 19.1. The third-order valence-corrected chi connectivity index (χ3v) is 8.94. The third kappa shape index (κ3) is 5.17. The molecule has 0 bridgehead atoms. The molecule has 0 radical (unpaired) electrons. The van der Waals surface area contributed by atoms with Crippen LogP contribution in [0.25, 0.3) is 0 Å². The van der Waals surface area contributed by atoms with Crippen LogP contribution in [0, 0.1) is 11.3 Å². The van der Waals surface area contributed by atoms with Gasteiger partial charge in [0.2, 0.25) is 0 Å². The molecule has 0 aromatic heterocycles. The summed E-state index contributed by atoms with van der Waals surface area (Å²) in [7, 11) is 0. The highest BCUT2D eigenvalue weighted by atomic mass is 32.2. The fourth-order valence-corrected chi connectivity index (χ4v) is 7.07. The molecule has 1 aromatic rings. The number of rotatable bonds is 6. The first kappa shape index (κ1) is 19.6. The highest BCUT2D eigenvalue weighted by Crippen LogP contribution is 2.56. The molecule has 7 heteroatoms. The highest BCUT2D eigenvalue weighted by Gasteiger charge is 2.26. The molecule has 2 aliphatic rings. The number of nitriles is 1. The minimum atomic E-state index is -0.355. The number of hydrogen-bond acceptors (Lipinski definition) is 7. The second-order valence-electron chi connectivity index (χ2n) is 5.56. The molecule has 0 unspecified atom stereocenters. The molecule has 0 saturated heterocycles. The van der Waals surface area contributed by atoms with E-state index in [1.54, 1.807) is 47.8 Å². The lowest BCUT2D eigenvalue weighted by atomic mass is 10.2. The number of carbonyl (C=O) groups is 1. The topological polar surface area (TPSA) is 50.1 Å². The number of ether oxygens (including phenoxy) is 1. The molecule has 3 nitrogen and oxygen atoms in total. The first-order valence-corrected chi connectivity index (χ1v) is 11.6. The van der Waals surface area contributed by atoms with Gasteiger partial charge in [0.25, 0.3) is 0 Å². The molecule has 1 aromatic carbocycles. The number of allylic oxidation sites excluding steroid dienone is 1. The number of thioether (sulfide) groups is 4. The Labute approximate surface area is 170 Å². The van der Waals surface area contributed by atoms with Crippen molar-refractivity contribution in [3.05, 3.63) is 58.9 Å². The Balaban J connectivity index is 1.53. The van der Waals surface area contributed by atoms with E-state index in [2.05, 4.69) is 12.3 Å². The van der Waals surface area contributed by atoms with Crippen molar-refractivity contribution in [2.24, 2.45) is 0 Å². The zero-order valence-electron chi connectivity index (χ0n) is 14.2. The van der Waals surface area contributed by atoms with Crippen LogP contribution in [0.3, 0.4) is 0 Å². The maximum absolute atomic E-state index is 12.3. The van der Waals surface area contributed by atoms with Crippen LogP contribution in [0.1, 0.15) is 38.2 Å². The van der Waals surface area contributed by atoms with E-state index in [0.29, 0.717) is 16.2 Å². The van der Waals surface area contributed by atoms with Crippen molar-refractivity contribution < 1.29 is 9.53 Å². The van der Waals surface area contributed by atoms with E-state index in [-0.39, 0.29) is 5.97 Å². The van der Waals surface area contributed by atoms with Crippen molar-refractivity contribution in [1.29, 1.82) is 5.26 Å². The van der Waals surface area contributed by atoms with Crippen LogP contribution < -0.4 is 4.74 Å². The van der Waals surface area contributed by atoms with E-state index in [1.165, 1.54) is 40.2 Å². The van der Waals surface area contributed by atoms with E-state index < -0.39 is 0 Å². The lowest BCUT2D eigenvalue weighted by Gasteiger charge is -2.05. The SMILES string of the molecule is CCCCCC1=CS/C(=C2\SC=C(C(=O)Oc3ccc(C#N)cc3)S2)S1. The Hall–Kier alpha value is -1.20. The van der Waals surface area contributed by atoms with Gasteiger partial charge in [-0.05, 0) is 52.8 Å². The molecule has 0 amide bonds. The molecule has 0 N–H and O–H groups in total. The lowest BCUT2D eigenvalue weighted by molar-refractivity contribution is -0.129. The van der Waals surface area contributed by atoms with Gasteiger partial charge in [-0.2, -0.15) is 5.26 Å². The van der Waals surface area contributed by atoms with Crippen molar-refractivity contribution in [2.45, 2.75) is 32.6 Å². The van der Waals surface area contributed by atoms with Crippen molar-refractivity contribution in [3.8, 4) is 11.8 Å². The molecular weight excluding hydrogens is 402 g/mol. The molecule has 0 saturated carbocycles. The van der Waals surface area contributed by atoms with Gasteiger partial charge in [0.15, 0.2) is 0 Å². The summed E-state index contributed by atoms with van der Waals surface area (Å²) in [5.41, 5.74) is 0.541. The Kier molecular flexibility index (Phi) is 7.26. The van der Waals surface area contributed by atoms with Crippen molar-refractivity contribution >= 4 is 53.0 Å². The van der Waals surface area contributed by atoms with E-state index in [0.717, 1.165) is 10.7 Å². The molecule has 0 aliphatic carbocycles. The van der Waals surface area contributed by atoms with Crippen LogP contribution in [-0.2, 0) is 4.79 Å². The van der Waals surface area contributed by atoms with E-state index >= 15 is 0 Å². The molecule has 0 spiro atoms. The predicted octanol–water partition coefficient (Wildman–Crippen LogP) is 6.81. The molecule has 3 rings (SSSR count). The average molecular weight is 420 g/mol. The summed E-state index contributed by atoms with van der Waals surface area (Å²) in [6.07, 6.45) is 4.88. The van der Waals surface area contributed by atoms with E-state index in [1.807, 2.05) is 23.2 Å². The third-order valence-electron chi connectivity index (χ3n) is 3.59. The van der Waals surface area contributed by atoms with Gasteiger partial charge in [-0.3, -0.25) is 0 Å². The number of benzene rings is 1. The van der Waals surface area contributed by atoms with Crippen LogP contribution in [0.4, 0.5) is 0 Å². The maximum Gasteiger partial charge on any atom is 0.350 e. The van der Waals surface area contributed by atoms with Crippen LogP contribution >= 0.6 is 47.0 Å². The van der Waals surface area contributed by atoms with Gasteiger partial charge < -0.3 is 4.74 Å². The van der Waals surface area contributed by atoms with Crippen LogP contribution in [0.15, 0.2) is 53.4 Å². The number of esters is 1. The largest absolute Gasteiger partial charge is 0.423 e. The Morgan fingerprint density at radius 3 is 2.54 bits per heavy atom. The number of nitrogens with zero attached hydrogens (tertiary/aromatic N) is 1. The van der Waals surface area contributed by atoms with Crippen molar-refractivity contribution in [3.63, 3.8) is 0 Å². The second-order valence-corrected chi connectivity index (χ2v) is 10.0. The second kappa shape index (κ2) is 9.65. The van der Waals surface area contributed by atoms with E-state index in [9.17, 15) is 4.79 Å². The Bertz CT molecular complexity index is 819. The summed E-state index contributed by atoms with van der Waals surface area (Å²) in [5.74, 6) is 0.0954.